The molecule has 3 nitrogen and oxygen atoms in total. The number of nitrogens with zero attached hydrogens (tertiary/aromatic N) is 1. The van der Waals surface area contributed by atoms with Crippen LogP contribution in [0.3, 0.4) is 0 Å². The molecule has 0 spiro atoms. The summed E-state index contributed by atoms with van der Waals surface area (Å²) in [6.45, 7) is 6.55. The first-order valence-corrected chi connectivity index (χ1v) is 7.35. The fourth-order valence-corrected chi connectivity index (χ4v) is 2.72. The molecule has 1 saturated heterocycles. The molecule has 1 amide bonds. The van der Waals surface area contributed by atoms with Gasteiger partial charge in [0.05, 0.1) is 0 Å². The number of likely N-dealkylation sites (tertiary alicyclic amines) is 1. The zero-order valence-corrected chi connectivity index (χ0v) is 12.3. The Hall–Kier alpha value is -1.42. The van der Waals surface area contributed by atoms with Gasteiger partial charge in [-0.3, -0.25) is 9.69 Å². The smallest absolute Gasteiger partial charge is 0.219 e. The normalized spacial score (nSPS) is 19.9. The third-order valence-corrected chi connectivity index (χ3v) is 3.89. The quantitative estimate of drug-likeness (QED) is 0.918. The number of hydrogen-bond acceptors (Lipinski definition) is 2. The van der Waals surface area contributed by atoms with Crippen molar-refractivity contribution in [3.8, 4) is 0 Å². The van der Waals surface area contributed by atoms with E-state index in [0.29, 0.717) is 6.42 Å². The lowest BCUT2D eigenvalue weighted by Crippen LogP contribution is -2.47. The summed E-state index contributed by atoms with van der Waals surface area (Å²) in [5.41, 5.74) is 2.15. The Balaban J connectivity index is 1.94. The number of amides is 1. The first kappa shape index (κ1) is 15.0. The van der Waals surface area contributed by atoms with Gasteiger partial charge in [0.15, 0.2) is 0 Å². The second-order valence-electron chi connectivity index (χ2n) is 5.57. The summed E-state index contributed by atoms with van der Waals surface area (Å²) in [7, 11) is 0. The van der Waals surface area contributed by atoms with Crippen molar-refractivity contribution in [2.45, 2.75) is 45.7 Å². The van der Waals surface area contributed by atoms with Crippen molar-refractivity contribution in [3.63, 3.8) is 0 Å². The van der Waals surface area contributed by atoms with Gasteiger partial charge in [0.1, 0.15) is 5.82 Å². The number of hydrogen-bond donors (Lipinski definition) is 1. The average molecular weight is 278 g/mol. The van der Waals surface area contributed by atoms with E-state index < -0.39 is 0 Å². The van der Waals surface area contributed by atoms with Crippen molar-refractivity contribution in [3.05, 3.63) is 35.1 Å². The van der Waals surface area contributed by atoms with Crippen LogP contribution in [-0.2, 0) is 11.3 Å². The molecular formula is C16H23FN2O. The molecule has 0 bridgehead atoms. The van der Waals surface area contributed by atoms with Crippen LogP contribution >= 0.6 is 0 Å². The summed E-state index contributed by atoms with van der Waals surface area (Å²) in [6, 6.07) is 5.20. The molecule has 1 unspecified atom stereocenters. The van der Waals surface area contributed by atoms with Crippen LogP contribution in [-0.4, -0.2) is 29.9 Å². The molecule has 20 heavy (non-hydrogen) atoms. The molecule has 1 N–H and O–H groups in total. The van der Waals surface area contributed by atoms with Gasteiger partial charge in [-0.15, -0.1) is 0 Å². The molecule has 1 aliphatic rings. The van der Waals surface area contributed by atoms with Gasteiger partial charge in [0.2, 0.25) is 5.91 Å². The summed E-state index contributed by atoms with van der Waals surface area (Å²) in [5.74, 6) is -0.0622. The predicted octanol–water partition coefficient (Wildman–Crippen LogP) is 2.62. The Labute approximate surface area is 120 Å². The maximum Gasteiger partial charge on any atom is 0.219 e. The number of carbonyl (C=O) groups excluding carboxylic acids is 1. The molecule has 2 rings (SSSR count). The minimum absolute atomic E-state index is 0.120. The molecule has 1 aromatic carbocycles. The highest BCUT2D eigenvalue weighted by atomic mass is 19.1. The van der Waals surface area contributed by atoms with E-state index in [1.807, 2.05) is 19.9 Å². The second-order valence-corrected chi connectivity index (χ2v) is 5.57. The van der Waals surface area contributed by atoms with Gasteiger partial charge >= 0.3 is 0 Å². The zero-order chi connectivity index (χ0) is 14.5. The van der Waals surface area contributed by atoms with Gasteiger partial charge in [0.25, 0.3) is 0 Å². The Kier molecular flexibility index (Phi) is 5.12. The Bertz CT molecular complexity index is 476. The fourth-order valence-electron chi connectivity index (χ4n) is 2.72. The molecule has 0 aliphatic carbocycles. The molecule has 0 aromatic heterocycles. The highest BCUT2D eigenvalue weighted by molar-refractivity contribution is 5.75. The number of nitrogens with one attached hydrogen (secondary N) is 1. The Morgan fingerprint density at radius 3 is 3.00 bits per heavy atom. The summed E-state index contributed by atoms with van der Waals surface area (Å²) in [4.78, 5) is 13.8. The van der Waals surface area contributed by atoms with Gasteiger partial charge in [0, 0.05) is 25.6 Å². The summed E-state index contributed by atoms with van der Waals surface area (Å²) < 4.78 is 13.1. The van der Waals surface area contributed by atoms with E-state index in [9.17, 15) is 9.18 Å². The van der Waals surface area contributed by atoms with Crippen molar-refractivity contribution in [2.75, 3.05) is 13.1 Å². The number of rotatable bonds is 4. The number of carbonyl (C=O) groups is 1. The summed E-state index contributed by atoms with van der Waals surface area (Å²) in [5, 5.41) is 3.07. The standard InChI is InChI=1S/C16H23FN2O/c1-3-16(20)18-15-5-4-8-19(11-15)10-13-6-7-14(17)9-12(13)2/h6-7,9,15H,3-5,8,10-11H2,1-2H3,(H,18,20). The van der Waals surface area contributed by atoms with Crippen molar-refractivity contribution >= 4 is 5.91 Å². The molecule has 0 saturated carbocycles. The SMILES string of the molecule is CCC(=O)NC1CCCN(Cc2ccc(F)cc2C)C1. The second kappa shape index (κ2) is 6.84. The first-order valence-electron chi connectivity index (χ1n) is 7.35. The first-order chi connectivity index (χ1) is 9.58. The van der Waals surface area contributed by atoms with E-state index in [1.54, 1.807) is 6.07 Å². The lowest BCUT2D eigenvalue weighted by molar-refractivity contribution is -0.121. The molecular weight excluding hydrogens is 255 g/mol. The topological polar surface area (TPSA) is 32.3 Å². The molecule has 110 valence electrons. The van der Waals surface area contributed by atoms with E-state index in [2.05, 4.69) is 10.2 Å². The van der Waals surface area contributed by atoms with Crippen molar-refractivity contribution < 1.29 is 9.18 Å². The maximum atomic E-state index is 13.1. The third-order valence-electron chi connectivity index (χ3n) is 3.89. The predicted molar refractivity (Wildman–Crippen MR) is 77.9 cm³/mol. The molecule has 4 heteroatoms. The molecule has 1 fully saturated rings. The molecule has 1 aromatic rings. The monoisotopic (exact) mass is 278 g/mol. The number of halogens is 1. The zero-order valence-electron chi connectivity index (χ0n) is 12.3. The van der Waals surface area contributed by atoms with Crippen LogP contribution in [0.1, 0.15) is 37.3 Å². The Morgan fingerprint density at radius 2 is 2.30 bits per heavy atom. The largest absolute Gasteiger partial charge is 0.352 e. The van der Waals surface area contributed by atoms with Crippen LogP contribution in [0.5, 0.6) is 0 Å². The van der Waals surface area contributed by atoms with Crippen LogP contribution in [0.15, 0.2) is 18.2 Å². The highest BCUT2D eigenvalue weighted by Crippen LogP contribution is 2.17. The van der Waals surface area contributed by atoms with Gasteiger partial charge in [-0.2, -0.15) is 0 Å². The maximum absolute atomic E-state index is 13.1. The van der Waals surface area contributed by atoms with Crippen molar-refractivity contribution in [1.82, 2.24) is 10.2 Å². The van der Waals surface area contributed by atoms with Gasteiger partial charge in [-0.1, -0.05) is 13.0 Å². The summed E-state index contributed by atoms with van der Waals surface area (Å²) >= 11 is 0. The van der Waals surface area contributed by atoms with E-state index in [0.717, 1.165) is 43.6 Å². The molecule has 1 atom stereocenters. The lowest BCUT2D eigenvalue weighted by Gasteiger charge is -2.33. The fraction of sp³-hybridized carbons (Fsp3) is 0.562. The van der Waals surface area contributed by atoms with E-state index >= 15 is 0 Å². The summed E-state index contributed by atoms with van der Waals surface area (Å²) in [6.07, 6.45) is 2.67. The van der Waals surface area contributed by atoms with Crippen molar-refractivity contribution in [2.24, 2.45) is 0 Å². The van der Waals surface area contributed by atoms with Crippen LogP contribution < -0.4 is 5.32 Å². The average Bonchev–Trinajstić information content (AvgIpc) is 2.42. The van der Waals surface area contributed by atoms with Crippen LogP contribution in [0.4, 0.5) is 4.39 Å². The van der Waals surface area contributed by atoms with E-state index in [1.165, 1.54) is 6.07 Å². The minimum Gasteiger partial charge on any atom is -0.352 e. The molecule has 1 heterocycles. The van der Waals surface area contributed by atoms with Crippen molar-refractivity contribution in [1.29, 1.82) is 0 Å². The van der Waals surface area contributed by atoms with E-state index in [4.69, 9.17) is 0 Å². The van der Waals surface area contributed by atoms with E-state index in [-0.39, 0.29) is 17.8 Å². The van der Waals surface area contributed by atoms with Crippen LogP contribution in [0.2, 0.25) is 0 Å². The van der Waals surface area contributed by atoms with Crippen LogP contribution in [0.25, 0.3) is 0 Å². The van der Waals surface area contributed by atoms with Gasteiger partial charge < -0.3 is 5.32 Å². The molecule has 0 radical (unpaired) electrons. The number of aryl methyl sites for hydroxylation is 1. The van der Waals surface area contributed by atoms with Crippen LogP contribution in [0, 0.1) is 12.7 Å². The Morgan fingerprint density at radius 1 is 1.50 bits per heavy atom. The van der Waals surface area contributed by atoms with Gasteiger partial charge in [-0.25, -0.2) is 4.39 Å². The third kappa shape index (κ3) is 4.04. The number of benzene rings is 1. The molecule has 1 aliphatic heterocycles. The minimum atomic E-state index is -0.182. The van der Waals surface area contributed by atoms with Gasteiger partial charge in [-0.05, 0) is 49.6 Å². The number of piperidine rings is 1. The highest BCUT2D eigenvalue weighted by Gasteiger charge is 2.21. The lowest BCUT2D eigenvalue weighted by atomic mass is 10.0.